The second-order valence-corrected chi connectivity index (χ2v) is 8.87. The minimum Gasteiger partial charge on any atom is -0.378 e. The van der Waals surface area contributed by atoms with Gasteiger partial charge < -0.3 is 15.0 Å². The van der Waals surface area contributed by atoms with Crippen LogP contribution >= 0.6 is 27.3 Å². The Morgan fingerprint density at radius 2 is 1.84 bits per heavy atom. The maximum absolute atomic E-state index is 12.4. The molecule has 164 valence electrons. The van der Waals surface area contributed by atoms with E-state index in [-0.39, 0.29) is 11.6 Å². The van der Waals surface area contributed by atoms with E-state index in [0.717, 1.165) is 33.1 Å². The Hall–Kier alpha value is -3.08. The number of halogens is 1. The number of non-ortho nitro benzene ring substituents is 1. The average molecular weight is 515 g/mol. The molecule has 4 rings (SSSR count). The highest BCUT2D eigenvalue weighted by Crippen LogP contribution is 2.35. The van der Waals surface area contributed by atoms with Crippen molar-refractivity contribution in [2.24, 2.45) is 0 Å². The van der Waals surface area contributed by atoms with Crippen LogP contribution in [0.15, 0.2) is 59.1 Å². The van der Waals surface area contributed by atoms with Crippen molar-refractivity contribution in [3.05, 3.63) is 74.1 Å². The molecule has 1 aliphatic rings. The van der Waals surface area contributed by atoms with Crippen LogP contribution < -0.4 is 10.2 Å². The molecule has 0 unspecified atom stereocenters. The molecule has 1 aromatic heterocycles. The molecule has 0 bridgehead atoms. The monoisotopic (exact) mass is 514 g/mol. The molecule has 1 aliphatic heterocycles. The van der Waals surface area contributed by atoms with Crippen LogP contribution in [-0.2, 0) is 9.53 Å². The van der Waals surface area contributed by atoms with E-state index in [1.165, 1.54) is 29.5 Å². The Morgan fingerprint density at radius 3 is 2.50 bits per heavy atom. The third kappa shape index (κ3) is 5.39. The summed E-state index contributed by atoms with van der Waals surface area (Å²) in [6.07, 6.45) is 3.19. The van der Waals surface area contributed by atoms with Gasteiger partial charge in [0.1, 0.15) is 0 Å². The molecule has 0 radical (unpaired) electrons. The predicted molar refractivity (Wildman–Crippen MR) is 129 cm³/mol. The van der Waals surface area contributed by atoms with Gasteiger partial charge in [0.15, 0.2) is 5.13 Å². The minimum absolute atomic E-state index is 0.0170. The number of amides is 1. The van der Waals surface area contributed by atoms with Crippen LogP contribution in [0.1, 0.15) is 4.88 Å². The Kier molecular flexibility index (Phi) is 6.93. The Labute approximate surface area is 196 Å². The number of nitrogens with zero attached hydrogens (tertiary/aromatic N) is 3. The number of nitrogens with one attached hydrogen (secondary N) is 1. The maximum Gasteiger partial charge on any atom is 0.269 e. The van der Waals surface area contributed by atoms with E-state index >= 15 is 0 Å². The lowest BCUT2D eigenvalue weighted by atomic mass is 10.1. The molecule has 3 aromatic rings. The van der Waals surface area contributed by atoms with Crippen molar-refractivity contribution in [1.29, 1.82) is 0 Å². The number of nitro benzene ring substituents is 1. The lowest BCUT2D eigenvalue weighted by Gasteiger charge is -2.26. The molecular formula is C22H19BrN4O4S. The highest BCUT2D eigenvalue weighted by molar-refractivity contribution is 9.10. The van der Waals surface area contributed by atoms with Gasteiger partial charge in [0, 0.05) is 47.0 Å². The van der Waals surface area contributed by atoms with Crippen molar-refractivity contribution in [1.82, 2.24) is 4.98 Å². The summed E-state index contributed by atoms with van der Waals surface area (Å²) in [7, 11) is 0. The van der Waals surface area contributed by atoms with Crippen molar-refractivity contribution in [2.75, 3.05) is 36.5 Å². The predicted octanol–water partition coefficient (Wildman–Crippen LogP) is 4.97. The summed E-state index contributed by atoms with van der Waals surface area (Å²) in [5.41, 5.74) is 2.14. The van der Waals surface area contributed by atoms with E-state index in [0.29, 0.717) is 24.6 Å². The number of benzene rings is 2. The number of thiazole rings is 1. The van der Waals surface area contributed by atoms with Gasteiger partial charge in [0.05, 0.1) is 28.7 Å². The number of carbonyl (C=O) groups is 1. The first-order chi connectivity index (χ1) is 15.5. The Morgan fingerprint density at radius 1 is 1.16 bits per heavy atom. The zero-order valence-corrected chi connectivity index (χ0v) is 19.3. The van der Waals surface area contributed by atoms with Crippen molar-refractivity contribution >= 4 is 55.8 Å². The van der Waals surface area contributed by atoms with Gasteiger partial charge >= 0.3 is 0 Å². The normalized spacial score (nSPS) is 14.0. The van der Waals surface area contributed by atoms with Crippen LogP contribution in [0.3, 0.4) is 0 Å². The molecule has 1 saturated heterocycles. The molecule has 1 amide bonds. The molecule has 2 aromatic carbocycles. The number of morpholine rings is 1. The summed E-state index contributed by atoms with van der Waals surface area (Å²) in [4.78, 5) is 30.7. The van der Waals surface area contributed by atoms with E-state index in [1.54, 1.807) is 30.3 Å². The Bertz CT molecular complexity index is 1140. The molecule has 0 saturated carbocycles. The van der Waals surface area contributed by atoms with Gasteiger partial charge in [-0.25, -0.2) is 4.98 Å². The molecule has 10 heteroatoms. The van der Waals surface area contributed by atoms with Gasteiger partial charge in [-0.1, -0.05) is 27.3 Å². The van der Waals surface area contributed by atoms with Gasteiger partial charge in [-0.2, -0.15) is 0 Å². The molecule has 1 N–H and O–H groups in total. The second kappa shape index (κ2) is 10.0. The number of ether oxygens (including phenoxy) is 1. The zero-order valence-electron chi connectivity index (χ0n) is 16.9. The fourth-order valence-corrected chi connectivity index (χ4v) is 4.45. The van der Waals surface area contributed by atoms with E-state index in [9.17, 15) is 14.9 Å². The van der Waals surface area contributed by atoms with Gasteiger partial charge in [0.25, 0.3) is 5.69 Å². The van der Waals surface area contributed by atoms with Crippen molar-refractivity contribution < 1.29 is 14.5 Å². The van der Waals surface area contributed by atoms with Crippen LogP contribution in [0.4, 0.5) is 16.5 Å². The first-order valence-corrected chi connectivity index (χ1v) is 11.4. The zero-order chi connectivity index (χ0) is 22.5. The number of carbonyl (C=O) groups excluding carboxylic acids is 1. The van der Waals surface area contributed by atoms with Crippen molar-refractivity contribution in [3.63, 3.8) is 0 Å². The third-order valence-corrected chi connectivity index (χ3v) is 6.38. The fraction of sp³-hybridized carbons (Fsp3) is 0.182. The maximum atomic E-state index is 12.4. The second-order valence-electron chi connectivity index (χ2n) is 6.94. The van der Waals surface area contributed by atoms with Crippen LogP contribution in [0.2, 0.25) is 0 Å². The van der Waals surface area contributed by atoms with Crippen LogP contribution in [0.5, 0.6) is 0 Å². The van der Waals surface area contributed by atoms with Crippen LogP contribution in [-0.4, -0.2) is 42.1 Å². The van der Waals surface area contributed by atoms with E-state index in [4.69, 9.17) is 9.72 Å². The largest absolute Gasteiger partial charge is 0.378 e. The van der Waals surface area contributed by atoms with Crippen molar-refractivity contribution in [3.8, 4) is 11.3 Å². The van der Waals surface area contributed by atoms with Crippen LogP contribution in [0, 0.1) is 10.1 Å². The molecular weight excluding hydrogens is 496 g/mol. The number of rotatable bonds is 6. The Balaban J connectivity index is 1.60. The number of hydrogen-bond acceptors (Lipinski definition) is 7. The summed E-state index contributed by atoms with van der Waals surface area (Å²) >= 11 is 4.84. The molecule has 8 nitrogen and oxygen atoms in total. The quantitative estimate of drug-likeness (QED) is 0.283. The third-order valence-electron chi connectivity index (χ3n) is 4.77. The highest BCUT2D eigenvalue weighted by Gasteiger charge is 2.19. The van der Waals surface area contributed by atoms with Gasteiger partial charge in [-0.15, -0.1) is 0 Å². The highest BCUT2D eigenvalue weighted by atomic mass is 79.9. The summed E-state index contributed by atoms with van der Waals surface area (Å²) < 4.78 is 6.35. The smallest absolute Gasteiger partial charge is 0.269 e. The standard InChI is InChI=1S/C22H19BrN4O4S/c23-16-3-5-17(6-4-16)24-20(28)10-9-19-21(15-1-7-18(8-2-15)27(29)30)25-22(32-19)26-11-13-31-14-12-26/h1-10H,11-14H2,(H,24,28)/b10-9+. The average Bonchev–Trinajstić information content (AvgIpc) is 3.24. The summed E-state index contributed by atoms with van der Waals surface area (Å²) in [6.45, 7) is 2.74. The molecule has 2 heterocycles. The van der Waals surface area contributed by atoms with Gasteiger partial charge in [0.2, 0.25) is 5.91 Å². The number of nitro groups is 1. The topological polar surface area (TPSA) is 97.6 Å². The summed E-state index contributed by atoms with van der Waals surface area (Å²) in [6, 6.07) is 13.6. The first-order valence-electron chi connectivity index (χ1n) is 9.82. The summed E-state index contributed by atoms with van der Waals surface area (Å²) in [5.74, 6) is -0.261. The number of anilines is 2. The molecule has 1 fully saturated rings. The minimum atomic E-state index is -0.433. The van der Waals surface area contributed by atoms with Gasteiger partial charge in [-0.05, 0) is 42.5 Å². The fourth-order valence-electron chi connectivity index (χ4n) is 3.14. The van der Waals surface area contributed by atoms with E-state index < -0.39 is 4.92 Å². The van der Waals surface area contributed by atoms with Gasteiger partial charge in [-0.3, -0.25) is 14.9 Å². The first kappa shape index (κ1) is 22.1. The lowest BCUT2D eigenvalue weighted by Crippen LogP contribution is -2.36. The van der Waals surface area contributed by atoms with E-state index in [1.807, 2.05) is 12.1 Å². The summed E-state index contributed by atoms with van der Waals surface area (Å²) in [5, 5.41) is 14.6. The number of aromatic nitrogens is 1. The van der Waals surface area contributed by atoms with Crippen LogP contribution in [0.25, 0.3) is 17.3 Å². The van der Waals surface area contributed by atoms with Crippen molar-refractivity contribution in [2.45, 2.75) is 0 Å². The molecule has 0 atom stereocenters. The molecule has 0 spiro atoms. The molecule has 0 aliphatic carbocycles. The lowest BCUT2D eigenvalue weighted by molar-refractivity contribution is -0.384. The SMILES string of the molecule is O=C(/C=C/c1sc(N2CCOCC2)nc1-c1ccc([N+](=O)[O-])cc1)Nc1ccc(Br)cc1. The van der Waals surface area contributed by atoms with E-state index in [2.05, 4.69) is 26.1 Å². The molecule has 32 heavy (non-hydrogen) atoms. The number of hydrogen-bond donors (Lipinski definition) is 1.